The summed E-state index contributed by atoms with van der Waals surface area (Å²) >= 11 is 0. The van der Waals surface area contributed by atoms with E-state index in [-0.39, 0.29) is 0 Å². The number of rotatable bonds is 8. The van der Waals surface area contributed by atoms with Crippen molar-refractivity contribution in [3.63, 3.8) is 0 Å². The zero-order valence-electron chi connectivity index (χ0n) is 9.98. The Hall–Kier alpha value is -0.830. The topological polar surface area (TPSA) is 18.0 Å². The van der Waals surface area contributed by atoms with Crippen LogP contribution in [0, 0.1) is 0 Å². The van der Waals surface area contributed by atoms with Gasteiger partial charge >= 0.3 is 0 Å². The van der Waals surface area contributed by atoms with Gasteiger partial charge in [-0.3, -0.25) is 0 Å². The highest BCUT2D eigenvalue weighted by Crippen LogP contribution is 1.93. The molecule has 15 heavy (non-hydrogen) atoms. The molecule has 1 heterocycles. The average Bonchev–Trinajstić information content (AvgIpc) is 2.67. The quantitative estimate of drug-likeness (QED) is 0.475. The fourth-order valence-electron chi connectivity index (χ4n) is 1.56. The van der Waals surface area contributed by atoms with Gasteiger partial charge in [0.25, 0.3) is 0 Å². The summed E-state index contributed by atoms with van der Waals surface area (Å²) in [6.07, 6.45) is 10.3. The smallest absolute Gasteiger partial charge is 0.243 e. The van der Waals surface area contributed by atoms with Gasteiger partial charge in [0.2, 0.25) is 6.33 Å². The Morgan fingerprint density at radius 1 is 1.27 bits per heavy atom. The van der Waals surface area contributed by atoms with Gasteiger partial charge in [0, 0.05) is 6.61 Å². The molecule has 0 aliphatic heterocycles. The summed E-state index contributed by atoms with van der Waals surface area (Å²) in [5, 5.41) is 0. The zero-order chi connectivity index (χ0) is 10.9. The summed E-state index contributed by atoms with van der Waals surface area (Å²) in [4.78, 5) is 0. The van der Waals surface area contributed by atoms with Gasteiger partial charge < -0.3 is 4.74 Å². The number of hydrogen-bond donors (Lipinski definition) is 0. The number of aryl methyl sites for hydroxylation is 1. The average molecular weight is 211 g/mol. The summed E-state index contributed by atoms with van der Waals surface area (Å²) in [6, 6.07) is 0. The molecule has 0 aromatic carbocycles. The van der Waals surface area contributed by atoms with E-state index in [9.17, 15) is 0 Å². The fourth-order valence-corrected chi connectivity index (χ4v) is 1.56. The summed E-state index contributed by atoms with van der Waals surface area (Å²) in [6.45, 7) is 7.96. The summed E-state index contributed by atoms with van der Waals surface area (Å²) in [7, 11) is 0. The number of hydrogen-bond acceptors (Lipinski definition) is 1. The van der Waals surface area contributed by atoms with Gasteiger partial charge in [-0.2, -0.15) is 0 Å². The lowest BCUT2D eigenvalue weighted by Crippen LogP contribution is -2.30. The van der Waals surface area contributed by atoms with Crippen molar-refractivity contribution < 1.29 is 9.30 Å². The summed E-state index contributed by atoms with van der Waals surface area (Å²) < 4.78 is 9.75. The molecule has 1 aromatic heterocycles. The van der Waals surface area contributed by atoms with Crippen LogP contribution >= 0.6 is 0 Å². The summed E-state index contributed by atoms with van der Waals surface area (Å²) in [5.74, 6) is 0. The molecule has 0 radical (unpaired) electrons. The van der Waals surface area contributed by atoms with E-state index >= 15 is 0 Å². The van der Waals surface area contributed by atoms with E-state index in [2.05, 4.69) is 34.8 Å². The monoisotopic (exact) mass is 211 g/mol. The second-order valence-electron chi connectivity index (χ2n) is 3.79. The molecular weight excluding hydrogens is 188 g/mol. The minimum Gasteiger partial charge on any atom is -0.378 e. The molecule has 0 spiro atoms. The number of ether oxygens (including phenoxy) is 1. The van der Waals surface area contributed by atoms with Gasteiger partial charge in [-0.25, -0.2) is 9.13 Å². The Morgan fingerprint density at radius 3 is 2.87 bits per heavy atom. The van der Waals surface area contributed by atoms with Crippen LogP contribution in [-0.2, 0) is 17.8 Å². The van der Waals surface area contributed by atoms with Gasteiger partial charge in [-0.1, -0.05) is 13.3 Å². The number of unbranched alkanes of at least 4 members (excludes halogenated alkanes) is 2. The van der Waals surface area contributed by atoms with E-state index in [0.717, 1.165) is 26.3 Å². The third-order valence-electron chi connectivity index (χ3n) is 2.46. The van der Waals surface area contributed by atoms with Crippen LogP contribution in [-0.4, -0.2) is 17.8 Å². The molecule has 0 bridgehead atoms. The Kier molecular flexibility index (Phi) is 6.09. The molecule has 0 atom stereocenters. The van der Waals surface area contributed by atoms with Crippen LogP contribution in [0.25, 0.3) is 0 Å². The predicted octanol–water partition coefficient (Wildman–Crippen LogP) is 2.00. The standard InChI is InChI=1S/C12H23N2O/c1-3-5-6-7-13-8-9-14(12-13)10-11-15-4-2/h8-9,12H,3-7,10-11H2,1-2H3/q+1. The highest BCUT2D eigenvalue weighted by atomic mass is 16.5. The van der Waals surface area contributed by atoms with Gasteiger partial charge in [-0.05, 0) is 19.8 Å². The van der Waals surface area contributed by atoms with Crippen molar-refractivity contribution in [2.45, 2.75) is 46.2 Å². The second kappa shape index (κ2) is 7.46. The Morgan fingerprint density at radius 2 is 2.13 bits per heavy atom. The highest BCUT2D eigenvalue weighted by molar-refractivity contribution is 4.65. The Labute approximate surface area is 92.7 Å². The van der Waals surface area contributed by atoms with E-state index in [0.29, 0.717) is 0 Å². The zero-order valence-corrected chi connectivity index (χ0v) is 9.98. The highest BCUT2D eigenvalue weighted by Gasteiger charge is 2.02. The van der Waals surface area contributed by atoms with Crippen molar-refractivity contribution in [2.75, 3.05) is 13.2 Å². The maximum Gasteiger partial charge on any atom is 0.243 e. The van der Waals surface area contributed by atoms with Crippen molar-refractivity contribution in [3.8, 4) is 0 Å². The van der Waals surface area contributed by atoms with Crippen LogP contribution < -0.4 is 4.57 Å². The third-order valence-corrected chi connectivity index (χ3v) is 2.46. The van der Waals surface area contributed by atoms with E-state index in [4.69, 9.17) is 4.74 Å². The first-order chi connectivity index (χ1) is 7.36. The minimum absolute atomic E-state index is 0.803. The molecule has 1 rings (SSSR count). The third kappa shape index (κ3) is 4.98. The molecule has 0 saturated heterocycles. The lowest BCUT2D eigenvalue weighted by atomic mass is 10.2. The van der Waals surface area contributed by atoms with E-state index in [1.807, 2.05) is 6.92 Å². The van der Waals surface area contributed by atoms with Crippen molar-refractivity contribution >= 4 is 0 Å². The Balaban J connectivity index is 2.23. The van der Waals surface area contributed by atoms with Crippen LogP contribution in [0.1, 0.15) is 33.1 Å². The van der Waals surface area contributed by atoms with Gasteiger partial charge in [0.05, 0.1) is 13.2 Å². The molecule has 0 saturated carbocycles. The van der Waals surface area contributed by atoms with Gasteiger partial charge in [-0.15, -0.1) is 0 Å². The molecule has 0 N–H and O–H groups in total. The molecule has 86 valence electrons. The molecule has 0 amide bonds. The Bertz CT molecular complexity index is 233. The molecule has 1 aromatic rings. The number of imidazole rings is 1. The maximum atomic E-state index is 5.32. The lowest BCUT2D eigenvalue weighted by Gasteiger charge is -1.97. The van der Waals surface area contributed by atoms with E-state index < -0.39 is 0 Å². The maximum absolute atomic E-state index is 5.32. The first kappa shape index (κ1) is 12.2. The van der Waals surface area contributed by atoms with Crippen LogP contribution in [0.2, 0.25) is 0 Å². The van der Waals surface area contributed by atoms with E-state index in [1.54, 1.807) is 0 Å². The summed E-state index contributed by atoms with van der Waals surface area (Å²) in [5.41, 5.74) is 0. The van der Waals surface area contributed by atoms with Crippen LogP contribution in [0.3, 0.4) is 0 Å². The van der Waals surface area contributed by atoms with Crippen LogP contribution in [0.4, 0.5) is 0 Å². The van der Waals surface area contributed by atoms with Gasteiger partial charge in [0.1, 0.15) is 18.9 Å². The molecule has 0 aliphatic rings. The molecule has 0 unspecified atom stereocenters. The minimum atomic E-state index is 0.803. The molecular formula is C12H23N2O+. The molecule has 0 fully saturated rings. The lowest BCUT2D eigenvalue weighted by molar-refractivity contribution is -0.696. The number of aromatic nitrogens is 2. The van der Waals surface area contributed by atoms with Crippen molar-refractivity contribution in [3.05, 3.63) is 18.7 Å². The largest absolute Gasteiger partial charge is 0.378 e. The molecule has 3 heteroatoms. The van der Waals surface area contributed by atoms with Crippen molar-refractivity contribution in [2.24, 2.45) is 0 Å². The molecule has 3 nitrogen and oxygen atoms in total. The predicted molar refractivity (Wildman–Crippen MR) is 60.6 cm³/mol. The normalized spacial score (nSPS) is 10.8. The van der Waals surface area contributed by atoms with Crippen LogP contribution in [0.5, 0.6) is 0 Å². The number of nitrogens with zero attached hydrogens (tertiary/aromatic N) is 2. The first-order valence-electron chi connectivity index (χ1n) is 5.99. The van der Waals surface area contributed by atoms with E-state index in [1.165, 1.54) is 19.3 Å². The van der Waals surface area contributed by atoms with Crippen LogP contribution in [0.15, 0.2) is 18.7 Å². The molecule has 0 aliphatic carbocycles. The SMILES string of the molecule is CCCCC[n+]1ccn(CCOCC)c1. The second-order valence-corrected chi connectivity index (χ2v) is 3.79. The van der Waals surface area contributed by atoms with Crippen molar-refractivity contribution in [1.29, 1.82) is 0 Å². The van der Waals surface area contributed by atoms with Gasteiger partial charge in [0.15, 0.2) is 0 Å². The van der Waals surface area contributed by atoms with Crippen molar-refractivity contribution in [1.82, 2.24) is 4.57 Å². The first-order valence-corrected chi connectivity index (χ1v) is 5.99. The fraction of sp³-hybridized carbons (Fsp3) is 0.750.